The van der Waals surface area contributed by atoms with E-state index in [2.05, 4.69) is 43.4 Å². The molecule has 3 nitrogen and oxygen atoms in total. The smallest absolute Gasteiger partial charge is 0.0982 e. The lowest BCUT2D eigenvalue weighted by Gasteiger charge is -2.28. The van der Waals surface area contributed by atoms with Crippen LogP contribution in [0, 0.1) is 5.92 Å². The van der Waals surface area contributed by atoms with Gasteiger partial charge in [-0.25, -0.2) is 4.98 Å². The lowest BCUT2D eigenvalue weighted by molar-refractivity contribution is 0.153. The van der Waals surface area contributed by atoms with E-state index in [0.717, 1.165) is 12.2 Å². The number of rotatable bonds is 5. The van der Waals surface area contributed by atoms with Crippen molar-refractivity contribution in [2.45, 2.75) is 58.0 Å². The standard InChI is InChI=1S/C14H24N2OS/c1-13(2,3)12-16-11(8-18-12)7-15-14(4,9-17)10-5-6-10/h8,10,15,17H,5-7,9H2,1-4H3. The highest BCUT2D eigenvalue weighted by atomic mass is 32.1. The van der Waals surface area contributed by atoms with Crippen LogP contribution in [-0.2, 0) is 12.0 Å². The molecule has 0 aromatic carbocycles. The minimum Gasteiger partial charge on any atom is -0.394 e. The second-order valence-electron chi connectivity index (χ2n) is 6.60. The summed E-state index contributed by atoms with van der Waals surface area (Å²) in [5.74, 6) is 0.628. The summed E-state index contributed by atoms with van der Waals surface area (Å²) in [6.07, 6.45) is 2.46. The molecule has 1 aliphatic carbocycles. The largest absolute Gasteiger partial charge is 0.394 e. The third-order valence-corrected chi connectivity index (χ3v) is 4.99. The Hall–Kier alpha value is -0.450. The molecule has 2 rings (SSSR count). The summed E-state index contributed by atoms with van der Waals surface area (Å²) in [5, 5.41) is 16.3. The van der Waals surface area contributed by atoms with E-state index in [-0.39, 0.29) is 17.6 Å². The molecule has 0 bridgehead atoms. The van der Waals surface area contributed by atoms with Gasteiger partial charge in [-0.2, -0.15) is 0 Å². The van der Waals surface area contributed by atoms with E-state index in [1.54, 1.807) is 11.3 Å². The number of nitrogens with one attached hydrogen (secondary N) is 1. The van der Waals surface area contributed by atoms with Gasteiger partial charge in [0.05, 0.1) is 17.3 Å². The van der Waals surface area contributed by atoms with Gasteiger partial charge in [-0.15, -0.1) is 11.3 Å². The summed E-state index contributed by atoms with van der Waals surface area (Å²) < 4.78 is 0. The summed E-state index contributed by atoms with van der Waals surface area (Å²) in [6.45, 7) is 9.62. The van der Waals surface area contributed by atoms with Gasteiger partial charge in [0.25, 0.3) is 0 Å². The zero-order valence-corrected chi connectivity index (χ0v) is 12.6. The fourth-order valence-corrected chi connectivity index (χ4v) is 2.98. The van der Waals surface area contributed by atoms with Crippen LogP contribution in [0.3, 0.4) is 0 Å². The normalized spacial score (nSPS) is 19.8. The third kappa shape index (κ3) is 3.11. The van der Waals surface area contributed by atoms with E-state index in [9.17, 15) is 5.11 Å². The molecule has 4 heteroatoms. The average Bonchev–Trinajstić information content (AvgIpc) is 3.04. The first-order chi connectivity index (χ1) is 8.35. The first-order valence-electron chi connectivity index (χ1n) is 6.66. The highest BCUT2D eigenvalue weighted by molar-refractivity contribution is 7.09. The number of nitrogens with zero attached hydrogens (tertiary/aromatic N) is 1. The zero-order chi connectivity index (χ0) is 13.4. The molecule has 0 amide bonds. The number of aliphatic hydroxyl groups excluding tert-OH is 1. The molecule has 0 aliphatic heterocycles. The summed E-state index contributed by atoms with van der Waals surface area (Å²) in [5.41, 5.74) is 1.08. The first kappa shape index (κ1) is 14.0. The van der Waals surface area contributed by atoms with Crippen LogP contribution in [-0.4, -0.2) is 22.2 Å². The number of thiazole rings is 1. The second kappa shape index (κ2) is 4.91. The molecule has 0 spiro atoms. The Morgan fingerprint density at radius 2 is 2.06 bits per heavy atom. The van der Waals surface area contributed by atoms with E-state index in [1.165, 1.54) is 17.8 Å². The van der Waals surface area contributed by atoms with Crippen LogP contribution in [0.5, 0.6) is 0 Å². The topological polar surface area (TPSA) is 45.2 Å². The van der Waals surface area contributed by atoms with Crippen molar-refractivity contribution in [3.05, 3.63) is 16.1 Å². The van der Waals surface area contributed by atoms with Gasteiger partial charge >= 0.3 is 0 Å². The van der Waals surface area contributed by atoms with Crippen LogP contribution in [0.4, 0.5) is 0 Å². The Kier molecular flexibility index (Phi) is 3.81. The zero-order valence-electron chi connectivity index (χ0n) is 11.8. The number of hydrogen-bond donors (Lipinski definition) is 2. The predicted molar refractivity (Wildman–Crippen MR) is 75.9 cm³/mol. The third-order valence-electron chi connectivity index (χ3n) is 3.67. The van der Waals surface area contributed by atoms with Crippen LogP contribution < -0.4 is 5.32 Å². The Bertz CT molecular complexity index is 406. The lowest BCUT2D eigenvalue weighted by Crippen LogP contribution is -2.47. The van der Waals surface area contributed by atoms with Crippen molar-refractivity contribution in [1.29, 1.82) is 0 Å². The quantitative estimate of drug-likeness (QED) is 0.863. The number of aliphatic hydroxyl groups is 1. The summed E-state index contributed by atoms with van der Waals surface area (Å²) >= 11 is 1.73. The van der Waals surface area contributed by atoms with Crippen LogP contribution >= 0.6 is 11.3 Å². The maximum Gasteiger partial charge on any atom is 0.0982 e. The van der Waals surface area contributed by atoms with Crippen molar-refractivity contribution in [1.82, 2.24) is 10.3 Å². The highest BCUT2D eigenvalue weighted by Gasteiger charge is 2.40. The summed E-state index contributed by atoms with van der Waals surface area (Å²) in [6, 6.07) is 0. The molecule has 1 saturated carbocycles. The second-order valence-corrected chi connectivity index (χ2v) is 7.46. The molecular weight excluding hydrogens is 244 g/mol. The maximum absolute atomic E-state index is 9.53. The van der Waals surface area contributed by atoms with Crippen LogP contribution in [0.2, 0.25) is 0 Å². The highest BCUT2D eigenvalue weighted by Crippen LogP contribution is 2.39. The molecule has 18 heavy (non-hydrogen) atoms. The average molecular weight is 268 g/mol. The molecule has 1 fully saturated rings. The predicted octanol–water partition coefficient (Wildman–Crippen LogP) is 2.69. The monoisotopic (exact) mass is 268 g/mol. The van der Waals surface area contributed by atoms with Gasteiger partial charge in [-0.05, 0) is 25.7 Å². The van der Waals surface area contributed by atoms with E-state index in [0.29, 0.717) is 5.92 Å². The van der Waals surface area contributed by atoms with Gasteiger partial charge < -0.3 is 10.4 Å². The SMILES string of the molecule is CC(C)(C)c1nc(CNC(C)(CO)C2CC2)cs1. The van der Waals surface area contributed by atoms with E-state index in [1.807, 2.05) is 0 Å². The van der Waals surface area contributed by atoms with E-state index >= 15 is 0 Å². The Balaban J connectivity index is 1.96. The Morgan fingerprint density at radius 3 is 2.50 bits per heavy atom. The van der Waals surface area contributed by atoms with E-state index < -0.39 is 0 Å². The lowest BCUT2D eigenvalue weighted by atomic mass is 9.97. The number of aromatic nitrogens is 1. The van der Waals surface area contributed by atoms with Crippen molar-refractivity contribution in [3.8, 4) is 0 Å². The summed E-state index contributed by atoms with van der Waals surface area (Å²) in [7, 11) is 0. The van der Waals surface area contributed by atoms with Crippen LogP contribution in [0.25, 0.3) is 0 Å². The minimum atomic E-state index is -0.133. The van der Waals surface area contributed by atoms with E-state index in [4.69, 9.17) is 0 Å². The molecule has 1 aromatic rings. The fourth-order valence-electron chi connectivity index (χ4n) is 2.07. The van der Waals surface area contributed by atoms with Gasteiger partial charge in [0.1, 0.15) is 0 Å². The van der Waals surface area contributed by atoms with Crippen molar-refractivity contribution in [3.63, 3.8) is 0 Å². The molecule has 0 radical (unpaired) electrons. The molecular formula is C14H24N2OS. The number of hydrogen-bond acceptors (Lipinski definition) is 4. The van der Waals surface area contributed by atoms with Crippen molar-refractivity contribution in [2.24, 2.45) is 5.92 Å². The van der Waals surface area contributed by atoms with Gasteiger partial charge in [0, 0.05) is 22.9 Å². The van der Waals surface area contributed by atoms with Crippen LogP contribution in [0.1, 0.15) is 51.2 Å². The van der Waals surface area contributed by atoms with Gasteiger partial charge in [-0.3, -0.25) is 0 Å². The maximum atomic E-state index is 9.53. The van der Waals surface area contributed by atoms with Crippen LogP contribution in [0.15, 0.2) is 5.38 Å². The molecule has 1 unspecified atom stereocenters. The van der Waals surface area contributed by atoms with Crippen molar-refractivity contribution >= 4 is 11.3 Å². The van der Waals surface area contributed by atoms with Crippen molar-refractivity contribution < 1.29 is 5.11 Å². The molecule has 1 aliphatic rings. The molecule has 0 saturated heterocycles. The molecule has 102 valence electrons. The summed E-state index contributed by atoms with van der Waals surface area (Å²) in [4.78, 5) is 4.67. The molecule has 1 aromatic heterocycles. The Labute approximate surface area is 114 Å². The minimum absolute atomic E-state index is 0.125. The van der Waals surface area contributed by atoms with Crippen molar-refractivity contribution in [2.75, 3.05) is 6.61 Å². The molecule has 1 heterocycles. The van der Waals surface area contributed by atoms with Gasteiger partial charge in [0.2, 0.25) is 0 Å². The Morgan fingerprint density at radius 1 is 1.39 bits per heavy atom. The molecule has 1 atom stereocenters. The van der Waals surface area contributed by atoms with Gasteiger partial charge in [-0.1, -0.05) is 20.8 Å². The molecule has 2 N–H and O–H groups in total. The van der Waals surface area contributed by atoms with Gasteiger partial charge in [0.15, 0.2) is 0 Å². The fraction of sp³-hybridized carbons (Fsp3) is 0.786. The first-order valence-corrected chi connectivity index (χ1v) is 7.54.